The van der Waals surface area contributed by atoms with Crippen LogP contribution in [-0.4, -0.2) is 26.3 Å². The number of aryl methyl sites for hydroxylation is 4. The summed E-state index contributed by atoms with van der Waals surface area (Å²) in [5.41, 5.74) is 8.53. The number of benzene rings is 2. The van der Waals surface area contributed by atoms with Crippen LogP contribution in [0.1, 0.15) is 38.4 Å². The van der Waals surface area contributed by atoms with Crippen molar-refractivity contribution in [2.45, 2.75) is 39.0 Å². The van der Waals surface area contributed by atoms with E-state index in [2.05, 4.69) is 71.2 Å². The Kier molecular flexibility index (Phi) is 6.48. The first-order valence-electron chi connectivity index (χ1n) is 10.4. The third-order valence-corrected chi connectivity index (χ3v) is 7.45. The topological polar surface area (TPSA) is 59.8 Å². The Morgan fingerprint density at radius 3 is 2.56 bits per heavy atom. The molecule has 5 nitrogen and oxygen atoms in total. The number of aromatic nitrogens is 3. The van der Waals surface area contributed by atoms with Crippen molar-refractivity contribution in [3.63, 3.8) is 0 Å². The van der Waals surface area contributed by atoms with Crippen LogP contribution in [0.2, 0.25) is 0 Å². The van der Waals surface area contributed by atoms with Gasteiger partial charge in [-0.1, -0.05) is 41.3 Å². The molecule has 0 fully saturated rings. The second-order valence-corrected chi connectivity index (χ2v) is 10.2. The molecule has 2 heterocycles. The van der Waals surface area contributed by atoms with Crippen molar-refractivity contribution in [3.05, 3.63) is 82.2 Å². The lowest BCUT2D eigenvalue weighted by atomic mass is 10.1. The van der Waals surface area contributed by atoms with Gasteiger partial charge in [0.15, 0.2) is 10.1 Å². The number of carbonyl (C=O) groups is 1. The van der Waals surface area contributed by atoms with Crippen LogP contribution in [0.5, 0.6) is 0 Å². The van der Waals surface area contributed by atoms with E-state index in [4.69, 9.17) is 0 Å². The Bertz CT molecular complexity index is 1290. The Labute approximate surface area is 196 Å². The van der Waals surface area contributed by atoms with Crippen molar-refractivity contribution in [1.29, 1.82) is 0 Å². The Morgan fingerprint density at radius 1 is 1.00 bits per heavy atom. The highest BCUT2D eigenvalue weighted by Crippen LogP contribution is 2.29. The first kappa shape index (κ1) is 22.3. The van der Waals surface area contributed by atoms with Gasteiger partial charge < -0.3 is 9.88 Å². The normalized spacial score (nSPS) is 11.0. The highest BCUT2D eigenvalue weighted by atomic mass is 32.2. The van der Waals surface area contributed by atoms with Crippen LogP contribution < -0.4 is 5.32 Å². The zero-order valence-electron chi connectivity index (χ0n) is 18.9. The van der Waals surface area contributed by atoms with E-state index in [1.807, 2.05) is 32.0 Å². The predicted molar refractivity (Wildman–Crippen MR) is 134 cm³/mol. The fraction of sp³-hybridized carbons (Fsp3) is 0.240. The summed E-state index contributed by atoms with van der Waals surface area (Å²) in [7, 11) is 0. The number of anilines is 2. The Balaban J connectivity index is 1.45. The maximum atomic E-state index is 13.0. The van der Waals surface area contributed by atoms with Crippen LogP contribution in [0.4, 0.5) is 10.8 Å². The van der Waals surface area contributed by atoms with E-state index in [9.17, 15) is 4.79 Å². The molecular weight excluding hydrogens is 436 g/mol. The first-order valence-corrected chi connectivity index (χ1v) is 12.2. The molecule has 0 spiro atoms. The molecule has 0 saturated heterocycles. The third kappa shape index (κ3) is 4.79. The van der Waals surface area contributed by atoms with E-state index < -0.39 is 0 Å². The van der Waals surface area contributed by atoms with Crippen molar-refractivity contribution >= 4 is 39.7 Å². The summed E-state index contributed by atoms with van der Waals surface area (Å²) in [6.45, 7) is 10.3. The maximum Gasteiger partial charge on any atom is 0.210 e. The number of carbonyl (C=O) groups excluding carboxylic acids is 1. The van der Waals surface area contributed by atoms with Crippen molar-refractivity contribution < 1.29 is 4.79 Å². The number of hydrogen-bond donors (Lipinski definition) is 1. The minimum atomic E-state index is 0.0987. The molecule has 32 heavy (non-hydrogen) atoms. The minimum Gasteiger partial charge on any atom is -0.330 e. The number of nitrogens with zero attached hydrogens (tertiary/aromatic N) is 3. The molecule has 0 aliphatic rings. The van der Waals surface area contributed by atoms with Gasteiger partial charge in [-0.3, -0.25) is 4.79 Å². The summed E-state index contributed by atoms with van der Waals surface area (Å²) in [5.74, 6) is 0.428. The highest BCUT2D eigenvalue weighted by Gasteiger charge is 2.18. The third-order valence-electron chi connectivity index (χ3n) is 5.48. The molecule has 1 N–H and O–H groups in total. The highest BCUT2D eigenvalue weighted by molar-refractivity contribution is 8.01. The molecule has 4 rings (SSSR count). The zero-order valence-corrected chi connectivity index (χ0v) is 20.5. The van der Waals surface area contributed by atoms with Crippen molar-refractivity contribution in [3.8, 4) is 5.69 Å². The van der Waals surface area contributed by atoms with Crippen LogP contribution in [0.25, 0.3) is 5.69 Å². The van der Waals surface area contributed by atoms with Gasteiger partial charge in [-0.2, -0.15) is 0 Å². The molecular formula is C25H26N4OS2. The van der Waals surface area contributed by atoms with Crippen LogP contribution in [0.15, 0.2) is 52.9 Å². The molecule has 7 heteroatoms. The number of ketones is 1. The summed E-state index contributed by atoms with van der Waals surface area (Å²) in [4.78, 5) is 13.0. The van der Waals surface area contributed by atoms with Crippen molar-refractivity contribution in [1.82, 2.24) is 14.8 Å². The second kappa shape index (κ2) is 9.30. The molecule has 0 amide bonds. The smallest absolute Gasteiger partial charge is 0.210 e. The summed E-state index contributed by atoms with van der Waals surface area (Å²) in [6, 6.07) is 16.5. The molecule has 164 valence electrons. The van der Waals surface area contributed by atoms with Gasteiger partial charge in [0.25, 0.3) is 0 Å². The van der Waals surface area contributed by atoms with Gasteiger partial charge in [-0.15, -0.1) is 10.2 Å². The number of Topliss-reactive ketones (excluding diaryl/α,β-unsaturated/α-hetero) is 1. The molecule has 0 bridgehead atoms. The lowest BCUT2D eigenvalue weighted by Crippen LogP contribution is -2.05. The van der Waals surface area contributed by atoms with Crippen molar-refractivity contribution in [2.24, 2.45) is 0 Å². The molecule has 2 aromatic heterocycles. The van der Waals surface area contributed by atoms with Gasteiger partial charge in [0.2, 0.25) is 5.13 Å². The molecule has 2 aromatic carbocycles. The van der Waals surface area contributed by atoms with E-state index >= 15 is 0 Å². The number of thioether (sulfide) groups is 1. The average molecular weight is 463 g/mol. The van der Waals surface area contributed by atoms with Gasteiger partial charge >= 0.3 is 0 Å². The van der Waals surface area contributed by atoms with E-state index in [-0.39, 0.29) is 5.78 Å². The molecule has 0 saturated carbocycles. The van der Waals surface area contributed by atoms with E-state index in [1.165, 1.54) is 39.8 Å². The first-order chi connectivity index (χ1) is 15.3. The van der Waals surface area contributed by atoms with Gasteiger partial charge in [0.05, 0.1) is 5.75 Å². The van der Waals surface area contributed by atoms with Gasteiger partial charge in [-0.05, 0) is 81.6 Å². The molecule has 0 aliphatic heterocycles. The average Bonchev–Trinajstić information content (AvgIpc) is 3.32. The predicted octanol–water partition coefficient (Wildman–Crippen LogP) is 6.59. The summed E-state index contributed by atoms with van der Waals surface area (Å²) in [6.07, 6.45) is 0. The number of nitrogens with one attached hydrogen (secondary N) is 1. The lowest BCUT2D eigenvalue weighted by molar-refractivity contribution is 0.102. The van der Waals surface area contributed by atoms with Gasteiger partial charge in [0, 0.05) is 28.3 Å². The summed E-state index contributed by atoms with van der Waals surface area (Å²) >= 11 is 2.88. The molecule has 0 atom stereocenters. The lowest BCUT2D eigenvalue weighted by Gasteiger charge is -2.12. The standard InChI is InChI=1S/C25H26N4OS2/c1-15-7-6-8-20(11-15)26-24-27-28-25(32-24)31-14-23(30)22-13-18(4)29(19(22)5)21-10-9-16(2)17(3)12-21/h6-13H,14H2,1-5H3,(H,26,27). The van der Waals surface area contributed by atoms with Crippen LogP contribution in [0.3, 0.4) is 0 Å². The molecule has 0 radical (unpaired) electrons. The van der Waals surface area contributed by atoms with E-state index in [0.29, 0.717) is 5.75 Å². The fourth-order valence-corrected chi connectivity index (χ4v) is 5.33. The van der Waals surface area contributed by atoms with Crippen molar-refractivity contribution in [2.75, 3.05) is 11.1 Å². The SMILES string of the molecule is Cc1cccc(Nc2nnc(SCC(=O)c3cc(C)n(-c4ccc(C)c(C)c4)c3C)s2)c1. The van der Waals surface area contributed by atoms with Crippen LogP contribution in [-0.2, 0) is 0 Å². The summed E-state index contributed by atoms with van der Waals surface area (Å²) < 4.78 is 2.93. The monoisotopic (exact) mass is 462 g/mol. The Morgan fingerprint density at radius 2 is 1.81 bits per heavy atom. The molecule has 4 aromatic rings. The molecule has 0 unspecified atom stereocenters. The maximum absolute atomic E-state index is 13.0. The number of hydrogen-bond acceptors (Lipinski definition) is 6. The minimum absolute atomic E-state index is 0.0987. The van der Waals surface area contributed by atoms with Crippen LogP contribution in [0, 0.1) is 34.6 Å². The Hall–Kier alpha value is -2.90. The second-order valence-electron chi connectivity index (χ2n) is 7.97. The van der Waals surface area contributed by atoms with E-state index in [0.717, 1.165) is 37.8 Å². The number of rotatable bonds is 7. The fourth-order valence-electron chi connectivity index (χ4n) is 3.68. The largest absolute Gasteiger partial charge is 0.330 e. The zero-order chi connectivity index (χ0) is 22.8. The summed E-state index contributed by atoms with van der Waals surface area (Å²) in [5, 5.41) is 12.4. The van der Waals surface area contributed by atoms with Gasteiger partial charge in [0.1, 0.15) is 0 Å². The van der Waals surface area contributed by atoms with Crippen LogP contribution >= 0.6 is 23.1 Å². The molecule has 0 aliphatic carbocycles. The van der Waals surface area contributed by atoms with E-state index in [1.54, 1.807) is 0 Å². The quantitative estimate of drug-likeness (QED) is 0.248. The van der Waals surface area contributed by atoms with Gasteiger partial charge in [-0.25, -0.2) is 0 Å².